The molecule has 0 spiro atoms. The summed E-state index contributed by atoms with van der Waals surface area (Å²) in [5, 5.41) is 26.6. The van der Waals surface area contributed by atoms with Crippen LogP contribution in [0.25, 0.3) is 0 Å². The average Bonchev–Trinajstić information content (AvgIpc) is 3.65. The Morgan fingerprint density at radius 1 is 1.09 bits per heavy atom. The van der Waals surface area contributed by atoms with Gasteiger partial charge in [-0.25, -0.2) is 0 Å². The molecular weight excluding hydrogens is 572 g/mol. The van der Waals surface area contributed by atoms with E-state index in [-0.39, 0.29) is 48.2 Å². The van der Waals surface area contributed by atoms with Gasteiger partial charge in [0.2, 0.25) is 5.91 Å². The maximum absolute atomic E-state index is 13.0. The lowest BCUT2D eigenvalue weighted by atomic mass is 10.0. The van der Waals surface area contributed by atoms with Crippen molar-refractivity contribution < 1.29 is 29.3 Å². The van der Waals surface area contributed by atoms with Crippen molar-refractivity contribution >= 4 is 17.5 Å². The number of aliphatic hydroxyl groups is 1. The van der Waals surface area contributed by atoms with E-state index in [0.29, 0.717) is 38.3 Å². The molecule has 10 heteroatoms. The molecule has 2 aromatic rings. The van der Waals surface area contributed by atoms with Crippen LogP contribution >= 0.6 is 0 Å². The molecule has 10 nitrogen and oxygen atoms in total. The van der Waals surface area contributed by atoms with Gasteiger partial charge < -0.3 is 40.1 Å². The molecule has 2 aliphatic carbocycles. The summed E-state index contributed by atoms with van der Waals surface area (Å²) in [6.45, 7) is 5.90. The topological polar surface area (TPSA) is 124 Å². The molecule has 3 fully saturated rings. The molecule has 0 bridgehead atoms. The van der Waals surface area contributed by atoms with Crippen molar-refractivity contribution in [3.63, 3.8) is 0 Å². The molecule has 2 saturated carbocycles. The third-order valence-corrected chi connectivity index (χ3v) is 9.82. The molecule has 1 saturated heterocycles. The Morgan fingerprint density at radius 3 is 2.64 bits per heavy atom. The zero-order valence-corrected chi connectivity index (χ0v) is 26.2. The van der Waals surface area contributed by atoms with Gasteiger partial charge in [-0.3, -0.25) is 9.59 Å². The van der Waals surface area contributed by atoms with Crippen LogP contribution in [0.1, 0.15) is 61.3 Å². The fourth-order valence-corrected chi connectivity index (χ4v) is 7.22. The SMILES string of the molecule is O=C1COc2c([C@@H](O)CNCCN(C(=O)CCOCCc3cccc(CCN4CC5CCCC5C4)c3)C3CC3)ccc(O)c2N1. The number of fused-ring (bicyclic) bond motifs is 2. The van der Waals surface area contributed by atoms with Crippen LogP contribution in [0, 0.1) is 11.8 Å². The number of nitrogens with one attached hydrogen (secondary N) is 2. The third-order valence-electron chi connectivity index (χ3n) is 9.82. The highest BCUT2D eigenvalue weighted by molar-refractivity contribution is 5.97. The summed E-state index contributed by atoms with van der Waals surface area (Å²) in [6.07, 6.45) is 7.72. The molecular formula is C35H48N4O6. The Morgan fingerprint density at radius 2 is 1.87 bits per heavy atom. The van der Waals surface area contributed by atoms with Gasteiger partial charge in [0, 0.05) is 50.9 Å². The van der Waals surface area contributed by atoms with E-state index in [1.807, 2.05) is 4.90 Å². The number of likely N-dealkylation sites (tertiary alicyclic amines) is 1. The highest BCUT2D eigenvalue weighted by atomic mass is 16.5. The number of phenolic OH excluding ortho intramolecular Hbond substituents is 1. The molecule has 2 aromatic carbocycles. The number of nitrogens with zero attached hydrogens (tertiary/aromatic N) is 2. The minimum absolute atomic E-state index is 0.102. The van der Waals surface area contributed by atoms with Crippen molar-refractivity contribution in [2.24, 2.45) is 11.8 Å². The number of aliphatic hydroxyl groups excluding tert-OH is 1. The number of benzene rings is 2. The van der Waals surface area contributed by atoms with E-state index < -0.39 is 6.10 Å². The monoisotopic (exact) mass is 620 g/mol. The molecule has 2 aliphatic heterocycles. The number of rotatable bonds is 16. The van der Waals surface area contributed by atoms with Gasteiger partial charge in [-0.15, -0.1) is 0 Å². The lowest BCUT2D eigenvalue weighted by Gasteiger charge is -2.25. The Bertz CT molecular complexity index is 1320. The number of carbonyl (C=O) groups is 2. The van der Waals surface area contributed by atoms with E-state index in [9.17, 15) is 19.8 Å². The van der Waals surface area contributed by atoms with Crippen LogP contribution in [0.4, 0.5) is 5.69 Å². The predicted octanol–water partition coefficient (Wildman–Crippen LogP) is 3.26. The second-order valence-electron chi connectivity index (χ2n) is 13.1. The largest absolute Gasteiger partial charge is 0.506 e. The van der Waals surface area contributed by atoms with Gasteiger partial charge in [0.05, 0.1) is 25.7 Å². The summed E-state index contributed by atoms with van der Waals surface area (Å²) in [7, 11) is 0. The number of phenols is 1. The van der Waals surface area contributed by atoms with Crippen LogP contribution in [0.2, 0.25) is 0 Å². The van der Waals surface area contributed by atoms with Gasteiger partial charge in [-0.2, -0.15) is 0 Å². The molecule has 244 valence electrons. The molecule has 4 aliphatic rings. The minimum atomic E-state index is -0.904. The van der Waals surface area contributed by atoms with Crippen molar-refractivity contribution in [2.75, 3.05) is 64.4 Å². The smallest absolute Gasteiger partial charge is 0.262 e. The standard InChI is InChI=1S/C35H48N4O6/c40-30-10-9-29(35-34(30)37-32(42)23-45-35)31(41)20-36-14-16-39(28-7-8-28)33(43)13-18-44-17-12-25-4-1-3-24(19-25)11-15-38-21-26-5-2-6-27(26)22-38/h1,3-4,9-10,19,26-28,31,36,40-41H,2,5-8,11-18,20-23H2,(H,37,42)/t26?,27?,31-/m0/s1. The number of carbonyl (C=O) groups excluding carboxylic acids is 2. The summed E-state index contributed by atoms with van der Waals surface area (Å²) in [6, 6.07) is 12.2. The lowest BCUT2D eigenvalue weighted by Crippen LogP contribution is -2.39. The van der Waals surface area contributed by atoms with Crippen LogP contribution < -0.4 is 15.4 Å². The molecule has 2 unspecified atom stereocenters. The summed E-state index contributed by atoms with van der Waals surface area (Å²) in [5.41, 5.74) is 3.34. The highest BCUT2D eigenvalue weighted by Crippen LogP contribution is 2.41. The van der Waals surface area contributed by atoms with Gasteiger partial charge in [0.1, 0.15) is 11.4 Å². The van der Waals surface area contributed by atoms with Gasteiger partial charge in [0.25, 0.3) is 5.91 Å². The second kappa shape index (κ2) is 14.9. The van der Waals surface area contributed by atoms with E-state index in [1.54, 1.807) is 6.07 Å². The summed E-state index contributed by atoms with van der Waals surface area (Å²) < 4.78 is 11.4. The normalized spacial score (nSPS) is 21.6. The Labute approximate surface area is 266 Å². The van der Waals surface area contributed by atoms with Gasteiger partial charge >= 0.3 is 0 Å². The highest BCUT2D eigenvalue weighted by Gasteiger charge is 2.35. The molecule has 6 rings (SSSR count). The Balaban J connectivity index is 0.870. The van der Waals surface area contributed by atoms with Crippen LogP contribution in [-0.4, -0.2) is 97.0 Å². The Hall–Kier alpha value is -3.18. The summed E-state index contributed by atoms with van der Waals surface area (Å²) >= 11 is 0. The fourth-order valence-electron chi connectivity index (χ4n) is 7.22. The van der Waals surface area contributed by atoms with E-state index in [2.05, 4.69) is 39.8 Å². The first-order valence-electron chi connectivity index (χ1n) is 16.8. The van der Waals surface area contributed by atoms with Gasteiger partial charge in [-0.1, -0.05) is 30.7 Å². The number of hydrogen-bond acceptors (Lipinski definition) is 8. The second-order valence-corrected chi connectivity index (χ2v) is 13.1. The number of ether oxygens (including phenoxy) is 2. The fraction of sp³-hybridized carbons (Fsp3) is 0.600. The van der Waals surface area contributed by atoms with E-state index in [1.165, 1.54) is 49.5 Å². The van der Waals surface area contributed by atoms with Crippen molar-refractivity contribution in [3.05, 3.63) is 53.1 Å². The summed E-state index contributed by atoms with van der Waals surface area (Å²) in [4.78, 5) is 29.2. The van der Waals surface area contributed by atoms with Crippen LogP contribution in [0.15, 0.2) is 36.4 Å². The quantitative estimate of drug-likeness (QED) is 0.167. The van der Waals surface area contributed by atoms with E-state index in [4.69, 9.17) is 9.47 Å². The Kier molecular flexibility index (Phi) is 10.6. The third kappa shape index (κ3) is 8.35. The van der Waals surface area contributed by atoms with Crippen molar-refractivity contribution in [1.82, 2.24) is 15.1 Å². The lowest BCUT2D eigenvalue weighted by molar-refractivity contribution is -0.132. The minimum Gasteiger partial charge on any atom is -0.506 e. The zero-order chi connectivity index (χ0) is 31.2. The zero-order valence-electron chi connectivity index (χ0n) is 26.2. The first kappa shape index (κ1) is 31.8. The van der Waals surface area contributed by atoms with E-state index in [0.717, 1.165) is 44.1 Å². The number of hydrogen-bond donors (Lipinski definition) is 4. The van der Waals surface area contributed by atoms with Gasteiger partial charge in [-0.05, 0) is 73.6 Å². The molecule has 2 amide bonds. The summed E-state index contributed by atoms with van der Waals surface area (Å²) in [5.74, 6) is 1.81. The molecule has 45 heavy (non-hydrogen) atoms. The maximum atomic E-state index is 13.0. The first-order valence-corrected chi connectivity index (χ1v) is 16.8. The molecule has 3 atom stereocenters. The predicted molar refractivity (Wildman–Crippen MR) is 171 cm³/mol. The van der Waals surface area contributed by atoms with Crippen LogP contribution in [-0.2, 0) is 27.2 Å². The van der Waals surface area contributed by atoms with Crippen LogP contribution in [0.5, 0.6) is 11.5 Å². The average molecular weight is 621 g/mol. The van der Waals surface area contributed by atoms with Crippen molar-refractivity contribution in [3.8, 4) is 11.5 Å². The molecule has 4 N–H and O–H groups in total. The first-order chi connectivity index (χ1) is 21.9. The van der Waals surface area contributed by atoms with Gasteiger partial charge in [0.15, 0.2) is 12.4 Å². The number of anilines is 1. The molecule has 0 aromatic heterocycles. The van der Waals surface area contributed by atoms with Crippen molar-refractivity contribution in [2.45, 2.75) is 63.5 Å². The van der Waals surface area contributed by atoms with Crippen molar-refractivity contribution in [1.29, 1.82) is 0 Å². The molecule has 2 heterocycles. The number of aromatic hydroxyl groups is 1. The maximum Gasteiger partial charge on any atom is 0.262 e. The molecule has 0 radical (unpaired) electrons. The van der Waals surface area contributed by atoms with E-state index >= 15 is 0 Å². The number of amides is 2. The van der Waals surface area contributed by atoms with Crippen LogP contribution in [0.3, 0.4) is 0 Å².